The van der Waals surface area contributed by atoms with Crippen LogP contribution < -0.4 is 0 Å². The summed E-state index contributed by atoms with van der Waals surface area (Å²) in [5.74, 6) is -0.238. The third-order valence-corrected chi connectivity index (χ3v) is 5.04. The van der Waals surface area contributed by atoms with Crippen molar-refractivity contribution >= 4 is 5.90 Å². The quantitative estimate of drug-likeness (QED) is 0.170. The monoisotopic (exact) mass is 367 g/mol. The first kappa shape index (κ1) is 23.2. The van der Waals surface area contributed by atoms with Crippen molar-refractivity contribution in [2.45, 2.75) is 103 Å². The van der Waals surface area contributed by atoms with Gasteiger partial charge >= 0.3 is 5.91 Å². The molecule has 4 nitrogen and oxygen atoms in total. The standard InChI is InChI=1S/C22H41NO3/c1-4-5-6-7-8-9-10-11-12-13-14-15-16-17-18-19-21-23-22(24-2,25-3)20-26-21/h17-18H,4-16,19-20H2,1-3H3. The number of rotatable bonds is 17. The van der Waals surface area contributed by atoms with E-state index >= 15 is 0 Å². The second-order valence-electron chi connectivity index (χ2n) is 7.27. The van der Waals surface area contributed by atoms with Gasteiger partial charge in [0.1, 0.15) is 0 Å². The Hall–Kier alpha value is -0.870. The first-order chi connectivity index (χ1) is 12.8. The van der Waals surface area contributed by atoms with Crippen LogP contribution in [-0.2, 0) is 14.2 Å². The summed E-state index contributed by atoms with van der Waals surface area (Å²) in [4.78, 5) is 4.36. The molecule has 152 valence electrons. The lowest BCUT2D eigenvalue weighted by atomic mass is 10.0. The fraction of sp³-hybridized carbons (Fsp3) is 0.864. The highest BCUT2D eigenvalue weighted by atomic mass is 16.7. The Morgan fingerprint density at radius 3 is 1.88 bits per heavy atom. The molecule has 0 aromatic carbocycles. The van der Waals surface area contributed by atoms with E-state index in [9.17, 15) is 0 Å². The van der Waals surface area contributed by atoms with Crippen LogP contribution in [0.25, 0.3) is 0 Å². The molecular formula is C22H41NO3. The van der Waals surface area contributed by atoms with Gasteiger partial charge in [0, 0.05) is 20.6 Å². The zero-order chi connectivity index (χ0) is 18.9. The highest BCUT2D eigenvalue weighted by Gasteiger charge is 2.36. The van der Waals surface area contributed by atoms with Crippen LogP contribution in [-0.4, -0.2) is 32.6 Å². The maximum atomic E-state index is 5.52. The van der Waals surface area contributed by atoms with E-state index in [0.717, 1.165) is 6.42 Å². The Labute approximate surface area is 161 Å². The SMILES string of the molecule is CCCCCCCCCCCCCCC=CCC1=NC(OC)(OC)CO1. The molecule has 0 amide bonds. The molecule has 1 aliphatic rings. The lowest BCUT2D eigenvalue weighted by Crippen LogP contribution is -2.32. The lowest BCUT2D eigenvalue weighted by molar-refractivity contribution is -0.205. The predicted molar refractivity (Wildman–Crippen MR) is 110 cm³/mol. The molecule has 0 aliphatic carbocycles. The van der Waals surface area contributed by atoms with E-state index < -0.39 is 5.91 Å². The van der Waals surface area contributed by atoms with Gasteiger partial charge in [0.25, 0.3) is 0 Å². The third kappa shape index (κ3) is 10.3. The van der Waals surface area contributed by atoms with E-state index in [1.165, 1.54) is 77.0 Å². The van der Waals surface area contributed by atoms with Gasteiger partial charge in [-0.2, -0.15) is 4.99 Å². The molecule has 0 fully saturated rings. The molecule has 0 aromatic rings. The van der Waals surface area contributed by atoms with Crippen molar-refractivity contribution in [3.05, 3.63) is 12.2 Å². The molecule has 0 unspecified atom stereocenters. The topological polar surface area (TPSA) is 40.0 Å². The van der Waals surface area contributed by atoms with Gasteiger partial charge in [-0.25, -0.2) is 0 Å². The van der Waals surface area contributed by atoms with E-state index in [-0.39, 0.29) is 0 Å². The van der Waals surface area contributed by atoms with Crippen LogP contribution in [0.2, 0.25) is 0 Å². The molecule has 0 radical (unpaired) electrons. The average Bonchev–Trinajstić information content (AvgIpc) is 3.09. The fourth-order valence-electron chi connectivity index (χ4n) is 3.23. The lowest BCUT2D eigenvalue weighted by Gasteiger charge is -2.18. The molecule has 1 heterocycles. The number of ether oxygens (including phenoxy) is 3. The average molecular weight is 368 g/mol. The van der Waals surface area contributed by atoms with Crippen molar-refractivity contribution in [2.24, 2.45) is 4.99 Å². The molecule has 1 aliphatic heterocycles. The molecule has 0 saturated heterocycles. The summed E-state index contributed by atoms with van der Waals surface area (Å²) in [7, 11) is 3.17. The van der Waals surface area contributed by atoms with Crippen LogP contribution in [0.3, 0.4) is 0 Å². The van der Waals surface area contributed by atoms with Gasteiger partial charge in [0.2, 0.25) is 0 Å². The Kier molecular flexibility index (Phi) is 13.6. The minimum atomic E-state index is -0.932. The van der Waals surface area contributed by atoms with E-state index in [2.05, 4.69) is 24.1 Å². The van der Waals surface area contributed by atoms with E-state index in [0.29, 0.717) is 18.9 Å². The summed E-state index contributed by atoms with van der Waals surface area (Å²) in [6, 6.07) is 0. The highest BCUT2D eigenvalue weighted by Crippen LogP contribution is 2.21. The first-order valence-electron chi connectivity index (χ1n) is 10.7. The summed E-state index contributed by atoms with van der Waals surface area (Å²) in [5, 5.41) is 0. The maximum Gasteiger partial charge on any atom is 0.307 e. The van der Waals surface area contributed by atoms with Crippen molar-refractivity contribution in [1.29, 1.82) is 0 Å². The van der Waals surface area contributed by atoms with Crippen LogP contribution in [0.4, 0.5) is 0 Å². The number of unbranched alkanes of at least 4 members (excludes halogenated alkanes) is 12. The van der Waals surface area contributed by atoms with Crippen molar-refractivity contribution < 1.29 is 14.2 Å². The second-order valence-corrected chi connectivity index (χ2v) is 7.27. The summed E-state index contributed by atoms with van der Waals surface area (Å²) in [6.07, 6.45) is 23.0. The molecule has 0 N–H and O–H groups in total. The summed E-state index contributed by atoms with van der Waals surface area (Å²) in [6.45, 7) is 2.62. The molecule has 4 heteroatoms. The van der Waals surface area contributed by atoms with Gasteiger partial charge in [-0.05, 0) is 12.8 Å². The van der Waals surface area contributed by atoms with Crippen molar-refractivity contribution in [3.63, 3.8) is 0 Å². The second kappa shape index (κ2) is 15.2. The minimum absolute atomic E-state index is 0.335. The Balaban J connectivity index is 1.88. The van der Waals surface area contributed by atoms with Crippen molar-refractivity contribution in [3.8, 4) is 0 Å². The molecule has 1 rings (SSSR count). The van der Waals surface area contributed by atoms with Gasteiger partial charge in [-0.15, -0.1) is 0 Å². The molecule has 0 spiro atoms. The smallest absolute Gasteiger partial charge is 0.307 e. The maximum absolute atomic E-state index is 5.52. The third-order valence-electron chi connectivity index (χ3n) is 5.04. The number of methoxy groups -OCH3 is 2. The largest absolute Gasteiger partial charge is 0.473 e. The molecule has 0 aromatic heterocycles. The van der Waals surface area contributed by atoms with Gasteiger partial charge in [0.15, 0.2) is 12.5 Å². The van der Waals surface area contributed by atoms with Crippen LogP contribution in [0.5, 0.6) is 0 Å². The van der Waals surface area contributed by atoms with E-state index in [1.54, 1.807) is 14.2 Å². The Morgan fingerprint density at radius 2 is 1.38 bits per heavy atom. The van der Waals surface area contributed by atoms with Crippen molar-refractivity contribution in [2.75, 3.05) is 20.8 Å². The fourth-order valence-corrected chi connectivity index (χ4v) is 3.23. The van der Waals surface area contributed by atoms with Crippen LogP contribution in [0, 0.1) is 0 Å². The van der Waals surface area contributed by atoms with Gasteiger partial charge < -0.3 is 14.2 Å². The summed E-state index contributed by atoms with van der Waals surface area (Å²) in [5.41, 5.74) is 0. The zero-order valence-electron chi connectivity index (χ0n) is 17.4. The van der Waals surface area contributed by atoms with Gasteiger partial charge in [-0.3, -0.25) is 0 Å². The molecule has 26 heavy (non-hydrogen) atoms. The Morgan fingerprint density at radius 1 is 0.846 bits per heavy atom. The Bertz CT molecular complexity index is 389. The van der Waals surface area contributed by atoms with Crippen LogP contribution in [0.1, 0.15) is 96.8 Å². The van der Waals surface area contributed by atoms with E-state index in [4.69, 9.17) is 14.2 Å². The van der Waals surface area contributed by atoms with Gasteiger partial charge in [0.05, 0.1) is 0 Å². The normalized spacial score (nSPS) is 16.2. The zero-order valence-corrected chi connectivity index (χ0v) is 17.4. The molecule has 0 bridgehead atoms. The van der Waals surface area contributed by atoms with E-state index in [1.807, 2.05) is 0 Å². The van der Waals surface area contributed by atoms with Crippen LogP contribution >= 0.6 is 0 Å². The van der Waals surface area contributed by atoms with Crippen molar-refractivity contribution in [1.82, 2.24) is 0 Å². The summed E-state index contributed by atoms with van der Waals surface area (Å²) >= 11 is 0. The highest BCUT2D eigenvalue weighted by molar-refractivity contribution is 5.79. The number of nitrogens with zero attached hydrogens (tertiary/aromatic N) is 1. The minimum Gasteiger partial charge on any atom is -0.473 e. The number of hydrogen-bond acceptors (Lipinski definition) is 4. The van der Waals surface area contributed by atoms with Crippen LogP contribution in [0.15, 0.2) is 17.1 Å². The summed E-state index contributed by atoms with van der Waals surface area (Å²) < 4.78 is 16.0. The number of allylic oxidation sites excluding steroid dienone is 1. The number of aliphatic imine (C=N–C) groups is 1. The predicted octanol–water partition coefficient (Wildman–Crippen LogP) is 6.40. The molecule has 0 atom stereocenters. The first-order valence-corrected chi connectivity index (χ1v) is 10.7. The molecule has 0 saturated carbocycles. The van der Waals surface area contributed by atoms with Gasteiger partial charge in [-0.1, -0.05) is 89.7 Å². The molecular weight excluding hydrogens is 326 g/mol. The number of hydrogen-bond donors (Lipinski definition) is 0.